The summed E-state index contributed by atoms with van der Waals surface area (Å²) in [5.41, 5.74) is 1.32. The Morgan fingerprint density at radius 2 is 1.70 bits per heavy atom. The van der Waals surface area contributed by atoms with E-state index in [1.54, 1.807) is 0 Å². The van der Waals surface area contributed by atoms with Crippen LogP contribution in [0.5, 0.6) is 11.5 Å². The van der Waals surface area contributed by atoms with Crippen molar-refractivity contribution in [2.75, 3.05) is 52.4 Å². The fourth-order valence-corrected chi connectivity index (χ4v) is 4.03. The van der Waals surface area contributed by atoms with Gasteiger partial charge in [-0.15, -0.1) is 0 Å². The Balaban J connectivity index is 1.23. The molecule has 0 radical (unpaired) electrons. The van der Waals surface area contributed by atoms with Gasteiger partial charge in [-0.05, 0) is 24.2 Å². The van der Waals surface area contributed by atoms with Gasteiger partial charge in [0.05, 0.1) is 6.54 Å². The van der Waals surface area contributed by atoms with E-state index >= 15 is 0 Å². The van der Waals surface area contributed by atoms with Crippen molar-refractivity contribution in [1.29, 1.82) is 0 Å². The third-order valence-corrected chi connectivity index (χ3v) is 5.81. The minimum absolute atomic E-state index is 0.0598. The van der Waals surface area contributed by atoms with Gasteiger partial charge in [0.15, 0.2) is 11.5 Å². The molecule has 160 valence electrons. The fourth-order valence-electron chi connectivity index (χ4n) is 4.03. The summed E-state index contributed by atoms with van der Waals surface area (Å²) < 4.78 is 11.9. The molecule has 0 bridgehead atoms. The number of ether oxygens (including phenoxy) is 2. The second-order valence-electron chi connectivity index (χ2n) is 7.97. The van der Waals surface area contributed by atoms with Crippen molar-refractivity contribution in [2.45, 2.75) is 19.6 Å². The topological polar surface area (TPSA) is 45.3 Å². The van der Waals surface area contributed by atoms with Crippen molar-refractivity contribution in [3.8, 4) is 11.5 Å². The second kappa shape index (κ2) is 9.96. The average molecular weight is 410 g/mol. The normalized spacial score (nSPS) is 19.1. The van der Waals surface area contributed by atoms with E-state index in [1.807, 2.05) is 35.2 Å². The molecule has 2 aromatic carbocycles. The molecular formula is C24H31N3O3. The molecule has 6 heteroatoms. The fraction of sp³-hybridized carbons (Fsp3) is 0.458. The van der Waals surface area contributed by atoms with Crippen LogP contribution in [-0.4, -0.2) is 79.1 Å². The molecule has 0 aromatic heterocycles. The minimum atomic E-state index is -0.0598. The lowest BCUT2D eigenvalue weighted by molar-refractivity contribution is -0.134. The van der Waals surface area contributed by atoms with E-state index < -0.39 is 0 Å². The van der Waals surface area contributed by atoms with Gasteiger partial charge in [-0.2, -0.15) is 0 Å². The van der Waals surface area contributed by atoms with Gasteiger partial charge in [-0.25, -0.2) is 0 Å². The lowest BCUT2D eigenvalue weighted by Gasteiger charge is -2.36. The van der Waals surface area contributed by atoms with Gasteiger partial charge in [0.2, 0.25) is 5.91 Å². The van der Waals surface area contributed by atoms with Crippen LogP contribution < -0.4 is 9.47 Å². The van der Waals surface area contributed by atoms with Gasteiger partial charge in [-0.1, -0.05) is 49.4 Å². The zero-order valence-corrected chi connectivity index (χ0v) is 17.7. The Kier molecular flexibility index (Phi) is 6.87. The van der Waals surface area contributed by atoms with E-state index in [4.69, 9.17) is 9.47 Å². The highest BCUT2D eigenvalue weighted by atomic mass is 16.6. The predicted octanol–water partition coefficient (Wildman–Crippen LogP) is 2.49. The highest BCUT2D eigenvalue weighted by Gasteiger charge is 2.26. The second-order valence-corrected chi connectivity index (χ2v) is 7.97. The average Bonchev–Trinajstić information content (AvgIpc) is 2.79. The van der Waals surface area contributed by atoms with Gasteiger partial charge in [0.25, 0.3) is 0 Å². The molecule has 1 atom stereocenters. The molecular weight excluding hydrogens is 378 g/mol. The Bertz CT molecular complexity index is 821. The number of benzene rings is 2. The van der Waals surface area contributed by atoms with Crippen LogP contribution in [0.25, 0.3) is 0 Å². The number of nitrogens with zero attached hydrogens (tertiary/aromatic N) is 3. The van der Waals surface area contributed by atoms with Crippen LogP contribution in [0.1, 0.15) is 12.5 Å². The lowest BCUT2D eigenvalue weighted by Crippen LogP contribution is -2.52. The third-order valence-electron chi connectivity index (χ3n) is 5.81. The van der Waals surface area contributed by atoms with Crippen LogP contribution >= 0.6 is 0 Å². The predicted molar refractivity (Wildman–Crippen MR) is 117 cm³/mol. The van der Waals surface area contributed by atoms with Crippen LogP contribution in [-0.2, 0) is 11.3 Å². The van der Waals surface area contributed by atoms with E-state index in [1.165, 1.54) is 5.56 Å². The van der Waals surface area contributed by atoms with Crippen molar-refractivity contribution in [1.82, 2.24) is 14.7 Å². The Morgan fingerprint density at radius 1 is 1.00 bits per heavy atom. The number of hydrogen-bond donors (Lipinski definition) is 0. The van der Waals surface area contributed by atoms with Crippen LogP contribution in [0.3, 0.4) is 0 Å². The van der Waals surface area contributed by atoms with E-state index in [9.17, 15) is 4.79 Å². The smallest absolute Gasteiger partial charge is 0.236 e. The Morgan fingerprint density at radius 3 is 2.43 bits per heavy atom. The molecule has 4 rings (SSSR count). The molecule has 1 fully saturated rings. The number of hydrogen-bond acceptors (Lipinski definition) is 5. The number of piperazine rings is 1. The molecule has 1 amide bonds. The molecule has 6 nitrogen and oxygen atoms in total. The number of carbonyl (C=O) groups is 1. The zero-order chi connectivity index (χ0) is 20.8. The first-order valence-corrected chi connectivity index (χ1v) is 10.9. The van der Waals surface area contributed by atoms with Gasteiger partial charge < -0.3 is 14.4 Å². The summed E-state index contributed by atoms with van der Waals surface area (Å²) in [6.45, 7) is 8.89. The summed E-state index contributed by atoms with van der Waals surface area (Å²) in [6.07, 6.45) is -0.0598. The monoisotopic (exact) mass is 409 g/mol. The molecule has 1 unspecified atom stereocenters. The molecule has 0 saturated carbocycles. The third kappa shape index (κ3) is 5.32. The number of fused-ring (bicyclic) bond motifs is 1. The first-order valence-electron chi connectivity index (χ1n) is 10.9. The van der Waals surface area contributed by atoms with Crippen molar-refractivity contribution in [3.05, 3.63) is 60.2 Å². The maximum Gasteiger partial charge on any atom is 0.236 e. The lowest BCUT2D eigenvalue weighted by atomic mass is 10.2. The maximum absolute atomic E-state index is 12.9. The van der Waals surface area contributed by atoms with Crippen LogP contribution in [0.4, 0.5) is 0 Å². The molecule has 0 spiro atoms. The summed E-state index contributed by atoms with van der Waals surface area (Å²) in [5, 5.41) is 0. The number of likely N-dealkylation sites (N-methyl/N-ethyl adjacent to an activating group) is 1. The minimum Gasteiger partial charge on any atom is -0.486 e. The van der Waals surface area contributed by atoms with E-state index in [0.717, 1.165) is 50.8 Å². The molecule has 2 aliphatic heterocycles. The quantitative estimate of drug-likeness (QED) is 0.703. The molecule has 0 aliphatic carbocycles. The van der Waals surface area contributed by atoms with Gasteiger partial charge in [-0.3, -0.25) is 14.6 Å². The standard InChI is InChI=1S/C24H31N3O3/c1-2-25(17-21-19-29-22-10-6-7-11-23(22)30-21)18-24(28)27-14-12-26(13-15-27)16-20-8-4-3-5-9-20/h3-11,21H,2,12-19H2,1H3. The van der Waals surface area contributed by atoms with E-state index in [2.05, 4.69) is 41.0 Å². The van der Waals surface area contributed by atoms with Crippen LogP contribution in [0.15, 0.2) is 54.6 Å². The summed E-state index contributed by atoms with van der Waals surface area (Å²) in [4.78, 5) is 19.4. The Labute approximate surface area is 179 Å². The summed E-state index contributed by atoms with van der Waals surface area (Å²) >= 11 is 0. The molecule has 2 aromatic rings. The molecule has 2 heterocycles. The highest BCUT2D eigenvalue weighted by Crippen LogP contribution is 2.31. The van der Waals surface area contributed by atoms with Crippen molar-refractivity contribution < 1.29 is 14.3 Å². The largest absolute Gasteiger partial charge is 0.486 e. The van der Waals surface area contributed by atoms with Crippen LogP contribution in [0, 0.1) is 0 Å². The SMILES string of the molecule is CCN(CC(=O)N1CCN(Cc2ccccc2)CC1)CC1COc2ccccc2O1. The summed E-state index contributed by atoms with van der Waals surface area (Å²) in [6, 6.07) is 18.3. The number of amides is 1. The van der Waals surface area contributed by atoms with E-state index in [0.29, 0.717) is 19.7 Å². The van der Waals surface area contributed by atoms with Crippen molar-refractivity contribution in [2.24, 2.45) is 0 Å². The highest BCUT2D eigenvalue weighted by molar-refractivity contribution is 5.78. The number of carbonyl (C=O) groups excluding carboxylic acids is 1. The summed E-state index contributed by atoms with van der Waals surface area (Å²) in [7, 11) is 0. The van der Waals surface area contributed by atoms with Gasteiger partial charge in [0, 0.05) is 39.3 Å². The van der Waals surface area contributed by atoms with Gasteiger partial charge in [0.1, 0.15) is 12.7 Å². The molecule has 2 aliphatic rings. The van der Waals surface area contributed by atoms with E-state index in [-0.39, 0.29) is 12.0 Å². The van der Waals surface area contributed by atoms with Crippen molar-refractivity contribution in [3.63, 3.8) is 0 Å². The molecule has 1 saturated heterocycles. The first-order chi connectivity index (χ1) is 14.7. The number of rotatable bonds is 7. The number of para-hydroxylation sites is 2. The summed E-state index contributed by atoms with van der Waals surface area (Å²) in [5.74, 6) is 1.78. The van der Waals surface area contributed by atoms with Crippen LogP contribution in [0.2, 0.25) is 0 Å². The van der Waals surface area contributed by atoms with Gasteiger partial charge >= 0.3 is 0 Å². The Hall–Kier alpha value is -2.57. The zero-order valence-electron chi connectivity index (χ0n) is 17.7. The van der Waals surface area contributed by atoms with Crippen molar-refractivity contribution >= 4 is 5.91 Å². The maximum atomic E-state index is 12.9. The first kappa shape index (κ1) is 20.7. The molecule has 0 N–H and O–H groups in total. The molecule has 30 heavy (non-hydrogen) atoms.